The first-order chi connectivity index (χ1) is 11.2. The van der Waals surface area contributed by atoms with Crippen LogP contribution in [-0.2, 0) is 6.42 Å². The number of nitro benzene ring substituents is 1. The van der Waals surface area contributed by atoms with Crippen molar-refractivity contribution in [3.8, 4) is 5.69 Å². The van der Waals surface area contributed by atoms with Crippen LogP contribution in [0.4, 0.5) is 11.5 Å². The average molecular weight is 312 g/mol. The van der Waals surface area contributed by atoms with Gasteiger partial charge in [-0.2, -0.15) is 5.10 Å². The van der Waals surface area contributed by atoms with Crippen LogP contribution in [0, 0.1) is 10.1 Å². The van der Waals surface area contributed by atoms with Gasteiger partial charge in [0.25, 0.3) is 5.69 Å². The molecular formula is C17H20N4O2. The molecule has 2 heterocycles. The Balaban J connectivity index is 1.78. The van der Waals surface area contributed by atoms with Crippen LogP contribution in [0.2, 0.25) is 0 Å². The average Bonchev–Trinajstić information content (AvgIpc) is 2.70. The highest BCUT2D eigenvalue weighted by Crippen LogP contribution is 2.41. The Bertz CT molecular complexity index is 732. The van der Waals surface area contributed by atoms with Crippen molar-refractivity contribution in [3.63, 3.8) is 0 Å². The predicted molar refractivity (Wildman–Crippen MR) is 88.2 cm³/mol. The summed E-state index contributed by atoms with van der Waals surface area (Å²) in [6.45, 7) is 0.954. The largest absolute Gasteiger partial charge is 0.370 e. The van der Waals surface area contributed by atoms with Crippen LogP contribution in [0.25, 0.3) is 5.69 Å². The van der Waals surface area contributed by atoms with E-state index in [4.69, 9.17) is 5.10 Å². The van der Waals surface area contributed by atoms with Crippen molar-refractivity contribution in [3.05, 3.63) is 45.6 Å². The number of aromatic nitrogens is 2. The molecule has 0 amide bonds. The van der Waals surface area contributed by atoms with Crippen molar-refractivity contribution < 1.29 is 4.92 Å². The summed E-state index contributed by atoms with van der Waals surface area (Å²) in [6.07, 6.45) is 7.16. The summed E-state index contributed by atoms with van der Waals surface area (Å²) >= 11 is 0. The molecule has 0 spiro atoms. The number of nitrogens with zero attached hydrogens (tertiary/aromatic N) is 3. The molecule has 0 saturated heterocycles. The summed E-state index contributed by atoms with van der Waals surface area (Å²) in [7, 11) is 0. The van der Waals surface area contributed by atoms with E-state index in [1.54, 1.807) is 24.3 Å². The van der Waals surface area contributed by atoms with E-state index in [0.29, 0.717) is 5.92 Å². The van der Waals surface area contributed by atoms with Gasteiger partial charge in [0.2, 0.25) is 0 Å². The zero-order valence-electron chi connectivity index (χ0n) is 13.0. The molecule has 0 radical (unpaired) electrons. The number of nitro groups is 1. The highest BCUT2D eigenvalue weighted by molar-refractivity contribution is 5.56. The lowest BCUT2D eigenvalue weighted by atomic mass is 9.81. The van der Waals surface area contributed by atoms with Gasteiger partial charge in [0.1, 0.15) is 5.82 Å². The molecule has 2 aliphatic rings. The summed E-state index contributed by atoms with van der Waals surface area (Å²) in [6, 6.07) is 6.65. The fourth-order valence-electron chi connectivity index (χ4n) is 3.44. The maximum atomic E-state index is 10.8. The van der Waals surface area contributed by atoms with Crippen molar-refractivity contribution >= 4 is 11.5 Å². The molecule has 6 nitrogen and oxygen atoms in total. The molecule has 1 aromatic heterocycles. The smallest absolute Gasteiger partial charge is 0.269 e. The fraction of sp³-hybridized carbons (Fsp3) is 0.471. The fourth-order valence-corrected chi connectivity index (χ4v) is 3.44. The first kappa shape index (κ1) is 14.2. The molecule has 4 rings (SSSR count). The number of non-ortho nitro benzene ring substituents is 1. The normalized spacial score (nSPS) is 17.7. The van der Waals surface area contributed by atoms with Crippen LogP contribution in [0.5, 0.6) is 0 Å². The molecule has 0 bridgehead atoms. The van der Waals surface area contributed by atoms with E-state index in [9.17, 15) is 10.1 Å². The lowest BCUT2D eigenvalue weighted by Gasteiger charge is -2.24. The Kier molecular flexibility index (Phi) is 3.52. The molecule has 1 aromatic carbocycles. The lowest BCUT2D eigenvalue weighted by Crippen LogP contribution is -2.11. The van der Waals surface area contributed by atoms with Crippen molar-refractivity contribution in [2.75, 3.05) is 11.9 Å². The third-order valence-corrected chi connectivity index (χ3v) is 4.96. The van der Waals surface area contributed by atoms with Gasteiger partial charge in [0.05, 0.1) is 16.3 Å². The lowest BCUT2D eigenvalue weighted by molar-refractivity contribution is -0.384. The van der Waals surface area contributed by atoms with Crippen LogP contribution in [-0.4, -0.2) is 21.2 Å². The first-order valence-electron chi connectivity index (χ1n) is 8.34. The summed E-state index contributed by atoms with van der Waals surface area (Å²) in [4.78, 5) is 10.5. The van der Waals surface area contributed by atoms with Crippen LogP contribution in [0.15, 0.2) is 24.3 Å². The third kappa shape index (κ3) is 2.48. The Morgan fingerprint density at radius 3 is 2.61 bits per heavy atom. The Morgan fingerprint density at radius 2 is 1.96 bits per heavy atom. The van der Waals surface area contributed by atoms with Crippen LogP contribution in [0.3, 0.4) is 0 Å². The van der Waals surface area contributed by atoms with Crippen LogP contribution < -0.4 is 5.32 Å². The topological polar surface area (TPSA) is 73.0 Å². The Morgan fingerprint density at radius 1 is 1.17 bits per heavy atom. The molecule has 1 aliphatic carbocycles. The van der Waals surface area contributed by atoms with Gasteiger partial charge in [-0.15, -0.1) is 0 Å². The second kappa shape index (κ2) is 5.68. The molecule has 0 unspecified atom stereocenters. The van der Waals surface area contributed by atoms with E-state index in [1.807, 2.05) is 4.68 Å². The number of fused-ring (bicyclic) bond motifs is 1. The third-order valence-electron chi connectivity index (χ3n) is 4.96. The van der Waals surface area contributed by atoms with Gasteiger partial charge in [-0.3, -0.25) is 10.1 Å². The summed E-state index contributed by atoms with van der Waals surface area (Å²) in [5.74, 6) is 1.67. The van der Waals surface area contributed by atoms with Gasteiger partial charge in [0.15, 0.2) is 0 Å². The van der Waals surface area contributed by atoms with Crippen molar-refractivity contribution in [2.45, 2.75) is 44.4 Å². The van der Waals surface area contributed by atoms with E-state index in [-0.39, 0.29) is 10.6 Å². The van der Waals surface area contributed by atoms with Gasteiger partial charge in [-0.25, -0.2) is 4.68 Å². The summed E-state index contributed by atoms with van der Waals surface area (Å²) < 4.78 is 1.94. The van der Waals surface area contributed by atoms with Crippen molar-refractivity contribution in [1.29, 1.82) is 0 Å². The zero-order valence-corrected chi connectivity index (χ0v) is 13.0. The highest BCUT2D eigenvalue weighted by atomic mass is 16.6. The maximum absolute atomic E-state index is 10.8. The molecule has 1 N–H and O–H groups in total. The minimum atomic E-state index is -0.370. The number of hydrogen-bond acceptors (Lipinski definition) is 4. The molecule has 1 fully saturated rings. The van der Waals surface area contributed by atoms with Crippen LogP contribution >= 0.6 is 0 Å². The molecule has 23 heavy (non-hydrogen) atoms. The van der Waals surface area contributed by atoms with Gasteiger partial charge in [0, 0.05) is 30.2 Å². The number of benzene rings is 1. The zero-order chi connectivity index (χ0) is 15.8. The minimum Gasteiger partial charge on any atom is -0.370 e. The summed E-state index contributed by atoms with van der Waals surface area (Å²) in [5, 5.41) is 19.2. The molecule has 6 heteroatoms. The number of anilines is 1. The molecular weight excluding hydrogens is 292 g/mol. The molecule has 120 valence electrons. The van der Waals surface area contributed by atoms with E-state index >= 15 is 0 Å². The molecule has 1 aliphatic heterocycles. The second-order valence-electron chi connectivity index (χ2n) is 6.41. The summed E-state index contributed by atoms with van der Waals surface area (Å²) in [5.41, 5.74) is 3.58. The van der Waals surface area contributed by atoms with Crippen LogP contribution in [0.1, 0.15) is 49.3 Å². The maximum Gasteiger partial charge on any atom is 0.269 e. The van der Waals surface area contributed by atoms with Gasteiger partial charge < -0.3 is 5.32 Å². The van der Waals surface area contributed by atoms with E-state index in [0.717, 1.165) is 24.5 Å². The molecule has 1 saturated carbocycles. The van der Waals surface area contributed by atoms with Crippen molar-refractivity contribution in [1.82, 2.24) is 9.78 Å². The van der Waals surface area contributed by atoms with Gasteiger partial charge in [-0.05, 0) is 44.2 Å². The van der Waals surface area contributed by atoms with E-state index < -0.39 is 0 Å². The van der Waals surface area contributed by atoms with E-state index in [1.165, 1.54) is 43.4 Å². The second-order valence-corrected chi connectivity index (χ2v) is 6.41. The van der Waals surface area contributed by atoms with Crippen molar-refractivity contribution in [2.24, 2.45) is 0 Å². The first-order valence-corrected chi connectivity index (χ1v) is 8.34. The Labute approximate surface area is 134 Å². The van der Waals surface area contributed by atoms with Gasteiger partial charge >= 0.3 is 0 Å². The Hall–Kier alpha value is -2.37. The molecule has 2 aromatic rings. The number of hydrogen-bond donors (Lipinski definition) is 1. The minimum absolute atomic E-state index is 0.110. The van der Waals surface area contributed by atoms with Gasteiger partial charge in [-0.1, -0.05) is 6.42 Å². The predicted octanol–water partition coefficient (Wildman–Crippen LogP) is 3.80. The molecule has 0 atom stereocenters. The number of nitrogens with one attached hydrogen (secondary N) is 1. The highest BCUT2D eigenvalue weighted by Gasteiger charge is 2.29. The quantitative estimate of drug-likeness (QED) is 0.691. The standard InChI is InChI=1S/C17H20N4O2/c22-21(23)14-9-7-13(8-10-14)20-17-15(6-1-2-11-18-17)16(19-20)12-4-3-5-12/h7-10,12,18H,1-6,11H2. The SMILES string of the molecule is O=[N+]([O-])c1ccc(-n2nc(C3CCC3)c3c2NCCCC3)cc1. The monoisotopic (exact) mass is 312 g/mol. The van der Waals surface area contributed by atoms with E-state index in [2.05, 4.69) is 5.32 Å². The number of rotatable bonds is 3.